The highest BCUT2D eigenvalue weighted by Gasteiger charge is 2.26. The van der Waals surface area contributed by atoms with Crippen LogP contribution in [0.5, 0.6) is 0 Å². The fourth-order valence-electron chi connectivity index (χ4n) is 2.83. The lowest BCUT2D eigenvalue weighted by Crippen LogP contribution is -2.39. The molecule has 6 heteroatoms. The van der Waals surface area contributed by atoms with Crippen LogP contribution < -0.4 is 0 Å². The third kappa shape index (κ3) is 3.39. The number of amides is 1. The van der Waals surface area contributed by atoms with Crippen LogP contribution in [0.1, 0.15) is 18.5 Å². The second-order valence-electron chi connectivity index (χ2n) is 5.90. The summed E-state index contributed by atoms with van der Waals surface area (Å²) in [6, 6.07) is 4.01. The van der Waals surface area contributed by atoms with Crippen molar-refractivity contribution in [2.45, 2.75) is 19.4 Å². The Hall–Kier alpha value is -1.66. The van der Waals surface area contributed by atoms with Crippen LogP contribution >= 0.6 is 11.3 Å². The van der Waals surface area contributed by atoms with Crippen molar-refractivity contribution < 1.29 is 9.21 Å². The molecule has 0 bridgehead atoms. The van der Waals surface area contributed by atoms with E-state index in [2.05, 4.69) is 9.88 Å². The first-order chi connectivity index (χ1) is 10.6. The molecular formula is C16H21N3O2S. The number of aromatic nitrogens is 1. The minimum Gasteiger partial charge on any atom is -0.444 e. The summed E-state index contributed by atoms with van der Waals surface area (Å²) < 4.78 is 5.55. The number of rotatable bonds is 4. The number of carbonyl (C=O) groups is 1. The Kier molecular flexibility index (Phi) is 4.59. The number of oxazole rings is 1. The molecule has 2 aromatic rings. The third-order valence-corrected chi connectivity index (χ3v) is 4.90. The van der Waals surface area contributed by atoms with Gasteiger partial charge in [0, 0.05) is 26.6 Å². The van der Waals surface area contributed by atoms with Gasteiger partial charge in [0.15, 0.2) is 0 Å². The van der Waals surface area contributed by atoms with E-state index >= 15 is 0 Å². The van der Waals surface area contributed by atoms with Crippen molar-refractivity contribution in [2.75, 3.05) is 27.2 Å². The molecule has 0 atom stereocenters. The average Bonchev–Trinajstić information content (AvgIpc) is 3.18. The van der Waals surface area contributed by atoms with Crippen LogP contribution in [0, 0.1) is 5.92 Å². The number of hydrogen-bond acceptors (Lipinski definition) is 5. The van der Waals surface area contributed by atoms with Gasteiger partial charge in [-0.05, 0) is 37.4 Å². The van der Waals surface area contributed by atoms with Gasteiger partial charge < -0.3 is 9.32 Å². The first kappa shape index (κ1) is 15.2. The molecule has 0 saturated carbocycles. The van der Waals surface area contributed by atoms with E-state index in [1.807, 2.05) is 31.6 Å². The molecule has 1 aliphatic heterocycles. The molecule has 0 radical (unpaired) electrons. The Balaban J connectivity index is 1.54. The van der Waals surface area contributed by atoms with Crippen LogP contribution in [0.15, 0.2) is 28.2 Å². The van der Waals surface area contributed by atoms with Crippen molar-refractivity contribution >= 4 is 17.2 Å². The minimum absolute atomic E-state index is 0.172. The lowest BCUT2D eigenvalue weighted by Gasteiger charge is -2.31. The average molecular weight is 319 g/mol. The second-order valence-corrected chi connectivity index (χ2v) is 6.85. The molecule has 5 nitrogen and oxygen atoms in total. The summed E-state index contributed by atoms with van der Waals surface area (Å²) in [6.07, 6.45) is 3.59. The summed E-state index contributed by atoms with van der Waals surface area (Å²) in [5.74, 6) is 1.12. The molecule has 3 rings (SSSR count). The van der Waals surface area contributed by atoms with Crippen molar-refractivity contribution in [2.24, 2.45) is 5.92 Å². The summed E-state index contributed by atoms with van der Waals surface area (Å²) in [7, 11) is 3.66. The van der Waals surface area contributed by atoms with Gasteiger partial charge in [-0.25, -0.2) is 4.98 Å². The van der Waals surface area contributed by atoms with E-state index in [1.165, 1.54) is 0 Å². The topological polar surface area (TPSA) is 49.6 Å². The van der Waals surface area contributed by atoms with E-state index in [4.69, 9.17) is 4.42 Å². The highest BCUT2D eigenvalue weighted by atomic mass is 32.1. The monoisotopic (exact) mass is 319 g/mol. The van der Waals surface area contributed by atoms with Gasteiger partial charge in [0.2, 0.25) is 11.8 Å². The highest BCUT2D eigenvalue weighted by molar-refractivity contribution is 7.13. The normalized spacial score (nSPS) is 16.8. The fraction of sp³-hybridized carbons (Fsp3) is 0.500. The summed E-state index contributed by atoms with van der Waals surface area (Å²) in [5, 5.41) is 2.02. The lowest BCUT2D eigenvalue weighted by molar-refractivity contribution is -0.134. The lowest BCUT2D eigenvalue weighted by atomic mass is 9.95. The quantitative estimate of drug-likeness (QED) is 0.869. The Morgan fingerprint density at radius 2 is 2.23 bits per heavy atom. The van der Waals surface area contributed by atoms with Crippen LogP contribution in [0.3, 0.4) is 0 Å². The van der Waals surface area contributed by atoms with Gasteiger partial charge >= 0.3 is 0 Å². The molecule has 1 amide bonds. The summed E-state index contributed by atoms with van der Waals surface area (Å²) in [4.78, 5) is 21.6. The molecule has 0 N–H and O–H groups in total. The van der Waals surface area contributed by atoms with Crippen molar-refractivity contribution in [1.29, 1.82) is 0 Å². The molecule has 0 aromatic carbocycles. The maximum Gasteiger partial charge on any atom is 0.236 e. The Morgan fingerprint density at radius 1 is 1.45 bits per heavy atom. The minimum atomic E-state index is 0.172. The SMILES string of the molecule is CN(C)C(=O)C1CCN(Cc2coc(-c3cccs3)n2)CC1. The summed E-state index contributed by atoms with van der Waals surface area (Å²) in [6.45, 7) is 2.66. The maximum absolute atomic E-state index is 12.0. The molecule has 22 heavy (non-hydrogen) atoms. The zero-order valence-electron chi connectivity index (χ0n) is 13.0. The number of carbonyl (C=O) groups excluding carboxylic acids is 1. The molecule has 0 spiro atoms. The van der Waals surface area contributed by atoms with Crippen LogP contribution in [0.4, 0.5) is 0 Å². The molecule has 1 aliphatic rings. The standard InChI is InChI=1S/C16H21N3O2S/c1-18(2)16(20)12-5-7-19(8-6-12)10-13-11-21-15(17-13)14-4-3-9-22-14/h3-4,9,11-12H,5-8,10H2,1-2H3. The molecule has 1 fully saturated rings. The zero-order chi connectivity index (χ0) is 15.5. The Labute approximate surface area is 134 Å². The largest absolute Gasteiger partial charge is 0.444 e. The van der Waals surface area contributed by atoms with E-state index in [9.17, 15) is 4.79 Å². The van der Waals surface area contributed by atoms with Gasteiger partial charge in [-0.3, -0.25) is 9.69 Å². The first-order valence-corrected chi connectivity index (χ1v) is 8.43. The van der Waals surface area contributed by atoms with Crippen LogP contribution in [0.2, 0.25) is 0 Å². The maximum atomic E-state index is 12.0. The van der Waals surface area contributed by atoms with Gasteiger partial charge in [-0.15, -0.1) is 11.3 Å². The number of hydrogen-bond donors (Lipinski definition) is 0. The molecule has 2 aromatic heterocycles. The van der Waals surface area contributed by atoms with E-state index in [0.717, 1.165) is 43.0 Å². The molecule has 3 heterocycles. The third-order valence-electron chi connectivity index (χ3n) is 4.05. The van der Waals surface area contributed by atoms with E-state index < -0.39 is 0 Å². The van der Waals surface area contributed by atoms with Gasteiger partial charge in [0.1, 0.15) is 6.26 Å². The first-order valence-electron chi connectivity index (χ1n) is 7.55. The van der Waals surface area contributed by atoms with E-state index in [1.54, 1.807) is 22.5 Å². The molecule has 0 aliphatic carbocycles. The molecule has 1 saturated heterocycles. The fourth-order valence-corrected chi connectivity index (χ4v) is 3.48. The van der Waals surface area contributed by atoms with Crippen molar-refractivity contribution in [3.8, 4) is 10.8 Å². The molecule has 118 valence electrons. The highest BCUT2D eigenvalue weighted by Crippen LogP contribution is 2.25. The van der Waals surface area contributed by atoms with Gasteiger partial charge in [0.25, 0.3) is 0 Å². The van der Waals surface area contributed by atoms with E-state index in [-0.39, 0.29) is 11.8 Å². The zero-order valence-corrected chi connectivity index (χ0v) is 13.8. The van der Waals surface area contributed by atoms with Gasteiger partial charge in [0.05, 0.1) is 10.6 Å². The Bertz CT molecular complexity index is 613. The van der Waals surface area contributed by atoms with E-state index in [0.29, 0.717) is 5.89 Å². The number of thiophene rings is 1. The van der Waals surface area contributed by atoms with Crippen molar-refractivity contribution in [3.63, 3.8) is 0 Å². The number of likely N-dealkylation sites (tertiary alicyclic amines) is 1. The summed E-state index contributed by atoms with van der Waals surface area (Å²) >= 11 is 1.63. The Morgan fingerprint density at radius 3 is 2.86 bits per heavy atom. The van der Waals surface area contributed by atoms with Gasteiger partial charge in [-0.1, -0.05) is 6.07 Å². The van der Waals surface area contributed by atoms with Crippen molar-refractivity contribution in [1.82, 2.24) is 14.8 Å². The molecular weight excluding hydrogens is 298 g/mol. The second kappa shape index (κ2) is 6.62. The van der Waals surface area contributed by atoms with Crippen molar-refractivity contribution in [3.05, 3.63) is 29.5 Å². The summed E-state index contributed by atoms with van der Waals surface area (Å²) in [5.41, 5.74) is 0.959. The van der Waals surface area contributed by atoms with Gasteiger partial charge in [-0.2, -0.15) is 0 Å². The predicted molar refractivity (Wildman–Crippen MR) is 86.5 cm³/mol. The van der Waals surface area contributed by atoms with Crippen LogP contribution in [-0.4, -0.2) is 47.9 Å². The van der Waals surface area contributed by atoms with Crippen LogP contribution in [-0.2, 0) is 11.3 Å². The number of piperidine rings is 1. The predicted octanol–water partition coefficient (Wildman–Crippen LogP) is 2.70. The smallest absolute Gasteiger partial charge is 0.236 e. The van der Waals surface area contributed by atoms with Crippen LogP contribution in [0.25, 0.3) is 10.8 Å². The number of nitrogens with zero attached hydrogens (tertiary/aromatic N) is 3. The molecule has 0 unspecified atom stereocenters.